The number of sulfonamides is 1. The van der Waals surface area contributed by atoms with Crippen molar-refractivity contribution in [2.75, 3.05) is 0 Å². The van der Waals surface area contributed by atoms with Crippen molar-refractivity contribution in [3.05, 3.63) is 95.1 Å². The Labute approximate surface area is 172 Å². The van der Waals surface area contributed by atoms with Gasteiger partial charge in [0.15, 0.2) is 0 Å². The molecule has 1 amide bonds. The number of benzene rings is 2. The van der Waals surface area contributed by atoms with Gasteiger partial charge in [0.1, 0.15) is 15.6 Å². The Morgan fingerprint density at radius 1 is 1.03 bits per heavy atom. The fraction of sp³-hybridized carbons (Fsp3) is 0.0455. The molecule has 1 N–H and O–H groups in total. The third-order valence-electron chi connectivity index (χ3n) is 4.31. The van der Waals surface area contributed by atoms with E-state index in [1.807, 2.05) is 54.6 Å². The fourth-order valence-electron chi connectivity index (χ4n) is 2.97. The van der Waals surface area contributed by atoms with Crippen LogP contribution in [0.15, 0.2) is 86.8 Å². The second kappa shape index (κ2) is 8.06. The normalized spacial score (nSPS) is 11.9. The number of para-hydroxylation sites is 1. The van der Waals surface area contributed by atoms with Crippen LogP contribution in [0.1, 0.15) is 16.9 Å². The molecule has 0 spiro atoms. The summed E-state index contributed by atoms with van der Waals surface area (Å²) in [6.45, 7) is 0. The van der Waals surface area contributed by atoms with Crippen molar-refractivity contribution in [1.82, 2.24) is 4.72 Å². The van der Waals surface area contributed by atoms with Crippen LogP contribution in [0, 0.1) is 0 Å². The van der Waals surface area contributed by atoms with Gasteiger partial charge in [-0.25, -0.2) is 13.1 Å². The van der Waals surface area contributed by atoms with Crippen LogP contribution in [-0.4, -0.2) is 14.3 Å². The molecule has 0 fully saturated rings. The average molecular weight is 424 g/mol. The topological polar surface area (TPSA) is 76.4 Å². The van der Waals surface area contributed by atoms with Gasteiger partial charge in [0.2, 0.25) is 0 Å². The molecule has 0 aliphatic heterocycles. The molecule has 2 heterocycles. The van der Waals surface area contributed by atoms with Crippen LogP contribution in [0.4, 0.5) is 0 Å². The molecule has 4 aromatic rings. The van der Waals surface area contributed by atoms with E-state index in [0.717, 1.165) is 39.2 Å². The Bertz CT molecular complexity index is 1250. The van der Waals surface area contributed by atoms with Crippen molar-refractivity contribution in [3.8, 4) is 0 Å². The number of nitrogens with one attached hydrogen (secondary N) is 1. The summed E-state index contributed by atoms with van der Waals surface area (Å²) in [5, 5.41) is 2.68. The molecule has 2 aromatic carbocycles. The summed E-state index contributed by atoms with van der Waals surface area (Å²) in [6, 6.07) is 20.5. The lowest BCUT2D eigenvalue weighted by Gasteiger charge is -2.05. The molecule has 29 heavy (non-hydrogen) atoms. The van der Waals surface area contributed by atoms with Crippen molar-refractivity contribution < 1.29 is 17.6 Å². The molecule has 0 bridgehead atoms. The van der Waals surface area contributed by atoms with E-state index in [1.54, 1.807) is 17.5 Å². The fourth-order valence-corrected chi connectivity index (χ4v) is 4.91. The highest BCUT2D eigenvalue weighted by Crippen LogP contribution is 2.23. The Hall–Kier alpha value is -3.16. The highest BCUT2D eigenvalue weighted by atomic mass is 32.2. The van der Waals surface area contributed by atoms with Crippen LogP contribution in [0.25, 0.3) is 17.0 Å². The standard InChI is InChI=1S/C22H17NO4S2/c24-21(23-29(25,26)22-10-5-13-28-22)12-11-16-6-1-2-7-17(16)14-19-15-18-8-3-4-9-20(18)27-19/h1-13,15H,14H2,(H,23,24)/b12-11+. The summed E-state index contributed by atoms with van der Waals surface area (Å²) < 4.78 is 32.3. The van der Waals surface area contributed by atoms with E-state index in [9.17, 15) is 13.2 Å². The predicted molar refractivity (Wildman–Crippen MR) is 114 cm³/mol. The SMILES string of the molecule is O=C(/C=C/c1ccccc1Cc1cc2ccccc2o1)NS(=O)(=O)c1cccs1. The molecule has 5 nitrogen and oxygen atoms in total. The zero-order chi connectivity index (χ0) is 20.3. The molecule has 0 saturated heterocycles. The largest absolute Gasteiger partial charge is 0.461 e. The second-order valence-electron chi connectivity index (χ2n) is 6.36. The number of furan rings is 1. The van der Waals surface area contributed by atoms with Gasteiger partial charge in [-0.15, -0.1) is 11.3 Å². The summed E-state index contributed by atoms with van der Waals surface area (Å²) in [7, 11) is -3.84. The Kier molecular flexibility index (Phi) is 5.33. The van der Waals surface area contributed by atoms with Crippen LogP contribution in [-0.2, 0) is 21.2 Å². The van der Waals surface area contributed by atoms with E-state index in [2.05, 4.69) is 4.72 Å². The first-order valence-corrected chi connectivity index (χ1v) is 11.2. The molecule has 0 radical (unpaired) electrons. The zero-order valence-electron chi connectivity index (χ0n) is 15.2. The molecule has 0 unspecified atom stereocenters. The quantitative estimate of drug-likeness (QED) is 0.460. The Morgan fingerprint density at radius 3 is 2.62 bits per heavy atom. The van der Waals surface area contributed by atoms with Crippen LogP contribution >= 0.6 is 11.3 Å². The highest BCUT2D eigenvalue weighted by molar-refractivity contribution is 7.92. The number of fused-ring (bicyclic) bond motifs is 1. The third kappa shape index (κ3) is 4.47. The number of hydrogen-bond donors (Lipinski definition) is 1. The molecule has 7 heteroatoms. The monoisotopic (exact) mass is 423 g/mol. The van der Waals surface area contributed by atoms with Gasteiger partial charge in [-0.3, -0.25) is 4.79 Å². The lowest BCUT2D eigenvalue weighted by Crippen LogP contribution is -2.28. The summed E-state index contributed by atoms with van der Waals surface area (Å²) >= 11 is 1.05. The smallest absolute Gasteiger partial charge is 0.273 e. The maximum absolute atomic E-state index is 12.1. The highest BCUT2D eigenvalue weighted by Gasteiger charge is 2.17. The zero-order valence-corrected chi connectivity index (χ0v) is 16.9. The van der Waals surface area contributed by atoms with Gasteiger partial charge in [0.25, 0.3) is 15.9 Å². The number of hydrogen-bond acceptors (Lipinski definition) is 5. The molecule has 0 aliphatic rings. The van der Waals surface area contributed by atoms with E-state index in [-0.39, 0.29) is 4.21 Å². The maximum atomic E-state index is 12.1. The third-order valence-corrected chi connectivity index (χ3v) is 7.05. The van der Waals surface area contributed by atoms with Gasteiger partial charge in [-0.2, -0.15) is 0 Å². The minimum atomic E-state index is -3.84. The van der Waals surface area contributed by atoms with E-state index in [0.29, 0.717) is 6.42 Å². The molecule has 2 aromatic heterocycles. The van der Waals surface area contributed by atoms with Gasteiger partial charge in [0, 0.05) is 17.9 Å². The predicted octanol–water partition coefficient (Wildman–Crippen LogP) is 4.60. The van der Waals surface area contributed by atoms with Gasteiger partial charge >= 0.3 is 0 Å². The van der Waals surface area contributed by atoms with Crippen molar-refractivity contribution in [1.29, 1.82) is 0 Å². The van der Waals surface area contributed by atoms with Crippen molar-refractivity contribution >= 4 is 44.3 Å². The minimum absolute atomic E-state index is 0.101. The molecule has 0 atom stereocenters. The van der Waals surface area contributed by atoms with Crippen LogP contribution in [0.2, 0.25) is 0 Å². The van der Waals surface area contributed by atoms with Crippen LogP contribution < -0.4 is 4.72 Å². The van der Waals surface area contributed by atoms with Gasteiger partial charge in [-0.1, -0.05) is 48.5 Å². The summed E-state index contributed by atoms with van der Waals surface area (Å²) in [4.78, 5) is 12.1. The van der Waals surface area contributed by atoms with Crippen molar-refractivity contribution in [3.63, 3.8) is 0 Å². The van der Waals surface area contributed by atoms with E-state index in [4.69, 9.17) is 4.42 Å². The average Bonchev–Trinajstić information content (AvgIpc) is 3.37. The van der Waals surface area contributed by atoms with Crippen molar-refractivity contribution in [2.24, 2.45) is 0 Å². The van der Waals surface area contributed by atoms with E-state index in [1.165, 1.54) is 12.1 Å². The lowest BCUT2D eigenvalue weighted by atomic mass is 10.0. The number of carbonyl (C=O) groups is 1. The van der Waals surface area contributed by atoms with Crippen LogP contribution in [0.5, 0.6) is 0 Å². The summed E-state index contributed by atoms with van der Waals surface area (Å²) in [6.07, 6.45) is 3.39. The van der Waals surface area contributed by atoms with Gasteiger partial charge in [-0.05, 0) is 40.8 Å². The van der Waals surface area contributed by atoms with Gasteiger partial charge in [0.05, 0.1) is 0 Å². The summed E-state index contributed by atoms with van der Waals surface area (Å²) in [5.41, 5.74) is 2.61. The number of carbonyl (C=O) groups excluding carboxylic acids is 1. The molecule has 146 valence electrons. The van der Waals surface area contributed by atoms with Gasteiger partial charge < -0.3 is 4.42 Å². The summed E-state index contributed by atoms with van der Waals surface area (Å²) in [5.74, 6) is 0.119. The first-order valence-electron chi connectivity index (χ1n) is 8.85. The number of thiophene rings is 1. The molecule has 0 saturated carbocycles. The van der Waals surface area contributed by atoms with Crippen molar-refractivity contribution in [2.45, 2.75) is 10.6 Å². The molecular weight excluding hydrogens is 406 g/mol. The molecule has 4 rings (SSSR count). The van der Waals surface area contributed by atoms with E-state index >= 15 is 0 Å². The first-order chi connectivity index (χ1) is 14.0. The number of amides is 1. The second-order valence-corrected chi connectivity index (χ2v) is 9.22. The van der Waals surface area contributed by atoms with E-state index < -0.39 is 15.9 Å². The molecule has 0 aliphatic carbocycles. The first kappa shape index (κ1) is 19.2. The number of rotatable bonds is 6. The maximum Gasteiger partial charge on any atom is 0.273 e. The Morgan fingerprint density at radius 2 is 1.83 bits per heavy atom. The van der Waals surface area contributed by atoms with Crippen LogP contribution in [0.3, 0.4) is 0 Å². The Balaban J connectivity index is 1.51. The lowest BCUT2D eigenvalue weighted by molar-refractivity contribution is -0.114. The molecular formula is C22H17NO4S2. The minimum Gasteiger partial charge on any atom is -0.461 e.